The zero-order valence-corrected chi connectivity index (χ0v) is 19.4. The highest BCUT2D eigenvalue weighted by Gasteiger charge is 2.35. The maximum Gasteiger partial charge on any atom is 0.161 e. The lowest BCUT2D eigenvalue weighted by Gasteiger charge is -2.36. The van der Waals surface area contributed by atoms with Gasteiger partial charge in [-0.2, -0.15) is 0 Å². The largest absolute Gasteiger partial charge is 0.493 e. The Labute approximate surface area is 190 Å². The Kier molecular flexibility index (Phi) is 5.99. The Morgan fingerprint density at radius 3 is 2.38 bits per heavy atom. The Morgan fingerprint density at radius 1 is 0.844 bits per heavy atom. The first-order valence-corrected chi connectivity index (χ1v) is 12.0. The van der Waals surface area contributed by atoms with Crippen molar-refractivity contribution >= 4 is 5.71 Å². The third-order valence-corrected chi connectivity index (χ3v) is 6.92. The lowest BCUT2D eigenvalue weighted by atomic mass is 9.75. The number of rotatable bonds is 8. The van der Waals surface area contributed by atoms with Crippen LogP contribution in [0.5, 0.6) is 23.0 Å². The predicted octanol–water partition coefficient (Wildman–Crippen LogP) is 5.77. The highest BCUT2D eigenvalue weighted by molar-refractivity contribution is 6.15. The van der Waals surface area contributed by atoms with Crippen LogP contribution in [0.15, 0.2) is 35.3 Å². The van der Waals surface area contributed by atoms with Crippen LogP contribution in [0.4, 0.5) is 0 Å². The molecule has 1 aliphatic heterocycles. The number of fused-ring (bicyclic) bond motifs is 3. The van der Waals surface area contributed by atoms with E-state index in [2.05, 4.69) is 24.3 Å². The van der Waals surface area contributed by atoms with E-state index in [1.165, 1.54) is 37.7 Å². The first kappa shape index (κ1) is 21.2. The molecule has 0 aromatic heterocycles. The molecule has 0 spiro atoms. The number of ether oxygens (including phenoxy) is 4. The van der Waals surface area contributed by atoms with Crippen molar-refractivity contribution in [2.45, 2.75) is 57.4 Å². The highest BCUT2D eigenvalue weighted by atomic mass is 16.5. The quantitative estimate of drug-likeness (QED) is 0.528. The maximum absolute atomic E-state index is 6.20. The summed E-state index contributed by atoms with van der Waals surface area (Å²) < 4.78 is 23.3. The summed E-state index contributed by atoms with van der Waals surface area (Å²) in [4.78, 5) is 5.29. The number of hydrogen-bond acceptors (Lipinski definition) is 5. The Bertz CT molecular complexity index is 1010. The average molecular weight is 436 g/mol. The van der Waals surface area contributed by atoms with E-state index in [-0.39, 0.29) is 0 Å². The van der Waals surface area contributed by atoms with E-state index in [9.17, 15) is 0 Å². The summed E-state index contributed by atoms with van der Waals surface area (Å²) in [6.45, 7) is 3.37. The van der Waals surface area contributed by atoms with E-state index < -0.39 is 0 Å². The van der Waals surface area contributed by atoms with Gasteiger partial charge in [0.25, 0.3) is 0 Å². The minimum Gasteiger partial charge on any atom is -0.493 e. The minimum atomic E-state index is 0.312. The normalized spacial score (nSPS) is 21.8. The van der Waals surface area contributed by atoms with Crippen molar-refractivity contribution in [1.29, 1.82) is 0 Å². The summed E-state index contributed by atoms with van der Waals surface area (Å²) in [6.07, 6.45) is 7.30. The fraction of sp³-hybridized carbons (Fsp3) is 0.519. The van der Waals surface area contributed by atoms with E-state index in [0.29, 0.717) is 24.5 Å². The molecule has 0 unspecified atom stereocenters. The van der Waals surface area contributed by atoms with E-state index in [1.807, 2.05) is 13.0 Å². The first-order chi connectivity index (χ1) is 15.7. The standard InChI is InChI=1S/C27H33NO4/c1-4-31-23-12-11-18(13-26(23)32-16-17-9-10-17)27-21-15-25(30-3)24(29-2)14-20(21)19-7-5-6-8-22(19)28-27/h11-15,17,19,22H,4-10,16H2,1-3H3/t19-,22-/m1/s1. The molecule has 2 aromatic carbocycles. The third-order valence-electron chi connectivity index (χ3n) is 6.92. The van der Waals surface area contributed by atoms with Crippen LogP contribution in [0.3, 0.4) is 0 Å². The van der Waals surface area contributed by atoms with Gasteiger partial charge in [-0.25, -0.2) is 0 Å². The van der Waals surface area contributed by atoms with Crippen molar-refractivity contribution in [2.24, 2.45) is 10.9 Å². The predicted molar refractivity (Wildman–Crippen MR) is 126 cm³/mol. The van der Waals surface area contributed by atoms with Gasteiger partial charge < -0.3 is 18.9 Å². The fourth-order valence-corrected chi connectivity index (χ4v) is 5.04. The van der Waals surface area contributed by atoms with Gasteiger partial charge in [0, 0.05) is 17.0 Å². The molecule has 5 nitrogen and oxygen atoms in total. The highest BCUT2D eigenvalue weighted by Crippen LogP contribution is 2.45. The molecule has 5 heteroatoms. The SMILES string of the molecule is CCOc1ccc(C2=N[C@@H]3CCCC[C@@H]3c3cc(OC)c(OC)cc32)cc1OCC1CC1. The van der Waals surface area contributed by atoms with Crippen LogP contribution in [0.25, 0.3) is 0 Å². The molecular weight excluding hydrogens is 402 g/mol. The zero-order valence-electron chi connectivity index (χ0n) is 19.4. The molecule has 32 heavy (non-hydrogen) atoms. The van der Waals surface area contributed by atoms with E-state index in [1.54, 1.807) is 14.2 Å². The second kappa shape index (κ2) is 9.05. The van der Waals surface area contributed by atoms with Crippen molar-refractivity contribution in [2.75, 3.05) is 27.4 Å². The molecule has 3 aliphatic rings. The number of aliphatic imine (C=N–C) groups is 1. The molecular formula is C27H33NO4. The molecule has 170 valence electrons. The topological polar surface area (TPSA) is 49.3 Å². The lowest BCUT2D eigenvalue weighted by Crippen LogP contribution is -2.29. The lowest BCUT2D eigenvalue weighted by molar-refractivity contribution is 0.267. The minimum absolute atomic E-state index is 0.312. The summed E-state index contributed by atoms with van der Waals surface area (Å²) in [5, 5.41) is 0. The van der Waals surface area contributed by atoms with Gasteiger partial charge in [0.1, 0.15) is 0 Å². The number of methoxy groups -OCH3 is 2. The van der Waals surface area contributed by atoms with Gasteiger partial charge in [-0.3, -0.25) is 4.99 Å². The summed E-state index contributed by atoms with van der Waals surface area (Å²) >= 11 is 0. The molecule has 0 N–H and O–H groups in total. The first-order valence-electron chi connectivity index (χ1n) is 12.0. The van der Waals surface area contributed by atoms with Gasteiger partial charge in [-0.05, 0) is 74.4 Å². The third kappa shape index (κ3) is 4.05. The smallest absolute Gasteiger partial charge is 0.161 e. The van der Waals surface area contributed by atoms with Gasteiger partial charge >= 0.3 is 0 Å². The Morgan fingerprint density at radius 2 is 1.62 bits per heavy atom. The fourth-order valence-electron chi connectivity index (χ4n) is 5.04. The monoisotopic (exact) mass is 435 g/mol. The molecule has 1 heterocycles. The molecule has 2 atom stereocenters. The molecule has 2 aliphatic carbocycles. The van der Waals surface area contributed by atoms with Gasteiger partial charge in [0.15, 0.2) is 23.0 Å². The van der Waals surface area contributed by atoms with Gasteiger partial charge in [-0.1, -0.05) is 12.8 Å². The number of hydrogen-bond donors (Lipinski definition) is 0. The van der Waals surface area contributed by atoms with Crippen LogP contribution < -0.4 is 18.9 Å². The van der Waals surface area contributed by atoms with E-state index >= 15 is 0 Å². The summed E-state index contributed by atoms with van der Waals surface area (Å²) in [6, 6.07) is 10.8. The van der Waals surface area contributed by atoms with Crippen molar-refractivity contribution < 1.29 is 18.9 Å². The summed E-state index contributed by atoms with van der Waals surface area (Å²) in [5.74, 6) is 4.26. The molecule has 0 saturated heterocycles. The Balaban J connectivity index is 1.59. The van der Waals surface area contributed by atoms with Crippen LogP contribution in [0, 0.1) is 5.92 Å². The van der Waals surface area contributed by atoms with Crippen LogP contribution in [-0.4, -0.2) is 39.2 Å². The zero-order chi connectivity index (χ0) is 22.1. The van der Waals surface area contributed by atoms with Crippen molar-refractivity contribution in [1.82, 2.24) is 0 Å². The molecule has 0 amide bonds. The van der Waals surface area contributed by atoms with Crippen LogP contribution in [-0.2, 0) is 0 Å². The van der Waals surface area contributed by atoms with Crippen molar-refractivity contribution in [3.63, 3.8) is 0 Å². The summed E-state index contributed by atoms with van der Waals surface area (Å²) in [7, 11) is 3.39. The van der Waals surface area contributed by atoms with Gasteiger partial charge in [-0.15, -0.1) is 0 Å². The molecule has 0 radical (unpaired) electrons. The van der Waals surface area contributed by atoms with E-state index in [4.69, 9.17) is 23.9 Å². The second-order valence-corrected chi connectivity index (χ2v) is 9.08. The maximum atomic E-state index is 6.20. The number of nitrogens with zero attached hydrogens (tertiary/aromatic N) is 1. The summed E-state index contributed by atoms with van der Waals surface area (Å²) in [5.41, 5.74) is 4.55. The second-order valence-electron chi connectivity index (χ2n) is 9.08. The van der Waals surface area contributed by atoms with Crippen LogP contribution in [0.2, 0.25) is 0 Å². The molecule has 2 saturated carbocycles. The van der Waals surface area contributed by atoms with Gasteiger partial charge in [0.05, 0.1) is 39.2 Å². The number of benzene rings is 2. The van der Waals surface area contributed by atoms with Crippen molar-refractivity contribution in [3.8, 4) is 23.0 Å². The van der Waals surface area contributed by atoms with E-state index in [0.717, 1.165) is 52.9 Å². The van der Waals surface area contributed by atoms with Crippen LogP contribution >= 0.6 is 0 Å². The molecule has 2 fully saturated rings. The van der Waals surface area contributed by atoms with Crippen LogP contribution in [0.1, 0.15) is 68.1 Å². The van der Waals surface area contributed by atoms with Gasteiger partial charge in [0.2, 0.25) is 0 Å². The Hall–Kier alpha value is -2.69. The average Bonchev–Trinajstić information content (AvgIpc) is 3.66. The van der Waals surface area contributed by atoms with Crippen molar-refractivity contribution in [3.05, 3.63) is 47.0 Å². The molecule has 5 rings (SSSR count). The molecule has 0 bridgehead atoms. The molecule has 2 aromatic rings.